The standard InChI is InChI=1S/C22H23N3O7/c1-29-16-7-5-14(11-18(16)31-3)23-20(26)13-24-9-10-25(22(28)21(24)27)15-6-8-17(30-2)19(12-15)32-4/h5-12H,13H2,1-4H3,(H,23,26). The van der Waals surface area contributed by atoms with Crippen molar-refractivity contribution in [2.45, 2.75) is 6.54 Å². The third kappa shape index (κ3) is 4.59. The van der Waals surface area contributed by atoms with Crippen molar-refractivity contribution in [1.82, 2.24) is 9.13 Å². The SMILES string of the molecule is COc1ccc(NC(=O)Cn2ccn(-c3ccc(OC)c(OC)c3)c(=O)c2=O)cc1OC. The molecule has 0 spiro atoms. The van der Waals surface area contributed by atoms with Gasteiger partial charge in [0.25, 0.3) is 0 Å². The number of carbonyl (C=O) groups excluding carboxylic acids is 1. The van der Waals surface area contributed by atoms with Crippen molar-refractivity contribution >= 4 is 11.6 Å². The van der Waals surface area contributed by atoms with Crippen LogP contribution in [0.5, 0.6) is 23.0 Å². The Kier molecular flexibility index (Phi) is 6.83. The minimum atomic E-state index is -0.843. The number of rotatable bonds is 8. The first kappa shape index (κ1) is 22.5. The number of carbonyl (C=O) groups is 1. The maximum absolute atomic E-state index is 12.6. The second-order valence-electron chi connectivity index (χ2n) is 6.56. The molecule has 3 rings (SSSR count). The highest BCUT2D eigenvalue weighted by Crippen LogP contribution is 2.30. The second kappa shape index (κ2) is 9.73. The third-order valence-corrected chi connectivity index (χ3v) is 4.68. The predicted molar refractivity (Wildman–Crippen MR) is 118 cm³/mol. The van der Waals surface area contributed by atoms with Crippen molar-refractivity contribution < 1.29 is 23.7 Å². The number of aromatic nitrogens is 2. The fraction of sp³-hybridized carbons (Fsp3) is 0.227. The molecule has 0 aliphatic carbocycles. The van der Waals surface area contributed by atoms with E-state index in [2.05, 4.69) is 5.32 Å². The fourth-order valence-corrected chi connectivity index (χ4v) is 3.08. The summed E-state index contributed by atoms with van der Waals surface area (Å²) in [5.41, 5.74) is -0.769. The first-order valence-corrected chi connectivity index (χ1v) is 9.48. The van der Waals surface area contributed by atoms with Gasteiger partial charge >= 0.3 is 11.1 Å². The molecule has 1 amide bonds. The second-order valence-corrected chi connectivity index (χ2v) is 6.56. The van der Waals surface area contributed by atoms with Gasteiger partial charge in [-0.05, 0) is 24.3 Å². The van der Waals surface area contributed by atoms with E-state index in [0.29, 0.717) is 34.4 Å². The maximum Gasteiger partial charge on any atom is 0.320 e. The van der Waals surface area contributed by atoms with E-state index in [0.717, 1.165) is 4.57 Å². The normalized spacial score (nSPS) is 10.4. The minimum Gasteiger partial charge on any atom is -0.493 e. The van der Waals surface area contributed by atoms with Crippen LogP contribution in [-0.2, 0) is 11.3 Å². The lowest BCUT2D eigenvalue weighted by Gasteiger charge is -2.13. The average molecular weight is 441 g/mol. The molecular formula is C22H23N3O7. The largest absolute Gasteiger partial charge is 0.493 e. The maximum atomic E-state index is 12.6. The Morgan fingerprint density at radius 1 is 0.781 bits per heavy atom. The van der Waals surface area contributed by atoms with E-state index in [1.165, 1.54) is 45.4 Å². The first-order chi connectivity index (χ1) is 15.4. The average Bonchev–Trinajstić information content (AvgIpc) is 2.81. The summed E-state index contributed by atoms with van der Waals surface area (Å²) in [6, 6.07) is 9.70. The molecule has 0 unspecified atom stereocenters. The van der Waals surface area contributed by atoms with Crippen molar-refractivity contribution in [3.63, 3.8) is 0 Å². The molecule has 1 heterocycles. The van der Waals surface area contributed by atoms with Crippen molar-refractivity contribution in [2.24, 2.45) is 0 Å². The summed E-state index contributed by atoms with van der Waals surface area (Å²) in [6.45, 7) is -0.338. The Morgan fingerprint density at radius 2 is 1.38 bits per heavy atom. The van der Waals surface area contributed by atoms with Gasteiger partial charge in [0.05, 0.1) is 34.1 Å². The van der Waals surface area contributed by atoms with E-state index in [-0.39, 0.29) is 6.54 Å². The Labute approximate surface area is 183 Å². The highest BCUT2D eigenvalue weighted by atomic mass is 16.5. The van der Waals surface area contributed by atoms with Crippen LogP contribution in [0.15, 0.2) is 58.4 Å². The van der Waals surface area contributed by atoms with E-state index in [4.69, 9.17) is 18.9 Å². The van der Waals surface area contributed by atoms with Crippen LogP contribution in [0.4, 0.5) is 5.69 Å². The number of amides is 1. The van der Waals surface area contributed by atoms with Gasteiger partial charge in [-0.25, -0.2) is 0 Å². The molecule has 0 aliphatic heterocycles. The molecule has 0 bridgehead atoms. The summed E-state index contributed by atoms with van der Waals surface area (Å²) in [7, 11) is 5.96. The molecule has 2 aromatic carbocycles. The Balaban J connectivity index is 1.82. The van der Waals surface area contributed by atoms with Crippen molar-refractivity contribution in [3.8, 4) is 28.7 Å². The van der Waals surface area contributed by atoms with Gasteiger partial charge in [0.1, 0.15) is 6.54 Å². The van der Waals surface area contributed by atoms with Crippen molar-refractivity contribution in [1.29, 1.82) is 0 Å². The van der Waals surface area contributed by atoms with Crippen molar-refractivity contribution in [2.75, 3.05) is 33.8 Å². The molecule has 32 heavy (non-hydrogen) atoms. The molecule has 0 saturated heterocycles. The van der Waals surface area contributed by atoms with E-state index >= 15 is 0 Å². The smallest absolute Gasteiger partial charge is 0.320 e. The zero-order valence-corrected chi connectivity index (χ0v) is 18.1. The zero-order valence-electron chi connectivity index (χ0n) is 18.1. The zero-order chi connectivity index (χ0) is 23.3. The van der Waals surface area contributed by atoms with Gasteiger partial charge in [0.2, 0.25) is 5.91 Å². The molecule has 1 aromatic heterocycles. The van der Waals surface area contributed by atoms with E-state index in [1.54, 1.807) is 36.4 Å². The number of benzene rings is 2. The molecule has 0 radical (unpaired) electrons. The summed E-state index contributed by atoms with van der Waals surface area (Å²) in [5.74, 6) is 1.38. The molecule has 1 N–H and O–H groups in total. The highest BCUT2D eigenvalue weighted by Gasteiger charge is 2.13. The van der Waals surface area contributed by atoms with Gasteiger partial charge < -0.3 is 24.3 Å². The van der Waals surface area contributed by atoms with Gasteiger partial charge in [-0.2, -0.15) is 0 Å². The molecule has 0 aliphatic rings. The number of methoxy groups -OCH3 is 4. The van der Waals surface area contributed by atoms with E-state index in [1.807, 2.05) is 0 Å². The van der Waals surface area contributed by atoms with Gasteiger partial charge in [-0.3, -0.25) is 23.5 Å². The van der Waals surface area contributed by atoms with Gasteiger partial charge in [0, 0.05) is 30.2 Å². The molecule has 0 saturated carbocycles. The number of hydrogen-bond acceptors (Lipinski definition) is 7. The van der Waals surface area contributed by atoms with Crippen LogP contribution in [0.1, 0.15) is 0 Å². The van der Waals surface area contributed by atoms with Crippen LogP contribution in [0.3, 0.4) is 0 Å². The molecule has 3 aromatic rings. The summed E-state index contributed by atoms with van der Waals surface area (Å²) in [4.78, 5) is 37.6. The monoisotopic (exact) mass is 441 g/mol. The van der Waals surface area contributed by atoms with Gasteiger partial charge in [-0.15, -0.1) is 0 Å². The minimum absolute atomic E-state index is 0.338. The summed E-state index contributed by atoms with van der Waals surface area (Å²) in [6.07, 6.45) is 2.78. The lowest BCUT2D eigenvalue weighted by molar-refractivity contribution is -0.116. The molecule has 10 heteroatoms. The topological polar surface area (TPSA) is 110 Å². The lowest BCUT2D eigenvalue weighted by atomic mass is 10.2. The molecule has 10 nitrogen and oxygen atoms in total. The quantitative estimate of drug-likeness (QED) is 0.530. The molecule has 168 valence electrons. The molecule has 0 atom stereocenters. The van der Waals surface area contributed by atoms with Crippen LogP contribution in [0.25, 0.3) is 5.69 Å². The highest BCUT2D eigenvalue weighted by molar-refractivity contribution is 5.90. The number of nitrogens with zero attached hydrogens (tertiary/aromatic N) is 2. The summed E-state index contributed by atoms with van der Waals surface area (Å²) in [5, 5.41) is 2.66. The van der Waals surface area contributed by atoms with Crippen LogP contribution in [-0.4, -0.2) is 43.5 Å². The van der Waals surface area contributed by atoms with Gasteiger partial charge in [0.15, 0.2) is 23.0 Å². The van der Waals surface area contributed by atoms with Crippen molar-refractivity contribution in [3.05, 3.63) is 69.5 Å². The summed E-state index contributed by atoms with van der Waals surface area (Å²) < 4.78 is 23.0. The first-order valence-electron chi connectivity index (χ1n) is 9.48. The van der Waals surface area contributed by atoms with Gasteiger partial charge in [-0.1, -0.05) is 0 Å². The number of hydrogen-bond donors (Lipinski definition) is 1. The lowest BCUT2D eigenvalue weighted by Crippen LogP contribution is -2.41. The number of nitrogens with one attached hydrogen (secondary N) is 1. The van der Waals surface area contributed by atoms with Crippen LogP contribution in [0.2, 0.25) is 0 Å². The molecular weight excluding hydrogens is 418 g/mol. The number of ether oxygens (including phenoxy) is 4. The third-order valence-electron chi connectivity index (χ3n) is 4.68. The number of anilines is 1. The summed E-state index contributed by atoms with van der Waals surface area (Å²) >= 11 is 0. The molecule has 0 fully saturated rings. The Morgan fingerprint density at radius 3 is 2.00 bits per heavy atom. The fourth-order valence-electron chi connectivity index (χ4n) is 3.08. The van der Waals surface area contributed by atoms with E-state index in [9.17, 15) is 14.4 Å². The van der Waals surface area contributed by atoms with Crippen LogP contribution < -0.4 is 35.4 Å². The van der Waals surface area contributed by atoms with E-state index < -0.39 is 17.0 Å². The Hall–Kier alpha value is -4.21. The predicted octanol–water partition coefficient (Wildman–Crippen LogP) is 1.67. The Bertz CT molecular complexity index is 1250. The van der Waals surface area contributed by atoms with Crippen LogP contribution >= 0.6 is 0 Å². The van der Waals surface area contributed by atoms with Crippen LogP contribution in [0, 0.1) is 0 Å².